The molecule has 2 aromatic rings. The number of nitrogens with zero attached hydrogens (tertiary/aromatic N) is 3. The van der Waals surface area contributed by atoms with Crippen LogP contribution in [0.1, 0.15) is 42.8 Å². The van der Waals surface area contributed by atoms with Crippen LogP contribution in [0.15, 0.2) is 23.1 Å². The molecule has 2 aromatic heterocycles. The van der Waals surface area contributed by atoms with Crippen LogP contribution < -0.4 is 5.32 Å². The molecule has 2 heterocycles. The summed E-state index contributed by atoms with van der Waals surface area (Å²) in [5.74, 6) is -1.45. The molecule has 2 rings (SSSR count). The maximum absolute atomic E-state index is 12.4. The van der Waals surface area contributed by atoms with E-state index < -0.39 is 18.0 Å². The summed E-state index contributed by atoms with van der Waals surface area (Å²) in [5.41, 5.74) is 2.91. The third-order valence-corrected chi connectivity index (χ3v) is 5.21. The molecule has 8 heteroatoms. The van der Waals surface area contributed by atoms with E-state index in [1.54, 1.807) is 11.4 Å². The van der Waals surface area contributed by atoms with Crippen LogP contribution >= 0.6 is 11.3 Å². The number of hydrogen-bond acceptors (Lipinski definition) is 6. The average Bonchev–Trinajstić information content (AvgIpc) is 3.24. The summed E-state index contributed by atoms with van der Waals surface area (Å²) >= 11 is 1.20. The fraction of sp³-hybridized carbons (Fsp3) is 0.333. The van der Waals surface area contributed by atoms with Crippen molar-refractivity contribution in [3.63, 3.8) is 0 Å². The van der Waals surface area contributed by atoms with E-state index in [4.69, 9.17) is 10.00 Å². The number of anilines is 1. The summed E-state index contributed by atoms with van der Waals surface area (Å²) in [7, 11) is 0. The lowest BCUT2D eigenvalue weighted by Crippen LogP contribution is -2.30. The largest absolute Gasteiger partial charge is 0.448 e. The Morgan fingerprint density at radius 2 is 2.10 bits per heavy atom. The van der Waals surface area contributed by atoms with Gasteiger partial charge in [-0.15, -0.1) is 11.3 Å². The minimum atomic E-state index is -1.12. The SMILES string of the molecule is CCCn1c(C)cc(/C=C(\C#N)C(=O)O[C@@H](C)C(=O)Nc2sccc2C#N)c1C. The lowest BCUT2D eigenvalue weighted by Gasteiger charge is -2.12. The van der Waals surface area contributed by atoms with Gasteiger partial charge in [0.2, 0.25) is 0 Å². The Balaban J connectivity index is 2.12. The van der Waals surface area contributed by atoms with Crippen LogP contribution in [0.5, 0.6) is 0 Å². The van der Waals surface area contributed by atoms with E-state index in [-0.39, 0.29) is 5.57 Å². The van der Waals surface area contributed by atoms with E-state index in [1.807, 2.05) is 32.1 Å². The maximum Gasteiger partial charge on any atom is 0.349 e. The highest BCUT2D eigenvalue weighted by Gasteiger charge is 2.22. The molecular weight excluding hydrogens is 388 g/mol. The van der Waals surface area contributed by atoms with E-state index >= 15 is 0 Å². The molecule has 29 heavy (non-hydrogen) atoms. The number of aromatic nitrogens is 1. The zero-order chi connectivity index (χ0) is 21.6. The third-order valence-electron chi connectivity index (χ3n) is 4.38. The molecule has 1 N–H and O–H groups in total. The molecule has 0 saturated heterocycles. The van der Waals surface area contributed by atoms with Crippen molar-refractivity contribution < 1.29 is 14.3 Å². The first-order valence-electron chi connectivity index (χ1n) is 9.10. The van der Waals surface area contributed by atoms with Crippen LogP contribution in [0.25, 0.3) is 6.08 Å². The monoisotopic (exact) mass is 410 g/mol. The summed E-state index contributed by atoms with van der Waals surface area (Å²) < 4.78 is 7.28. The fourth-order valence-corrected chi connectivity index (χ4v) is 3.56. The molecule has 0 unspecified atom stereocenters. The second-order valence-corrected chi connectivity index (χ2v) is 7.38. The van der Waals surface area contributed by atoms with Crippen LogP contribution in [0.2, 0.25) is 0 Å². The molecular formula is C21H22N4O3S. The fourth-order valence-electron chi connectivity index (χ4n) is 2.82. The summed E-state index contributed by atoms with van der Waals surface area (Å²) in [6.45, 7) is 8.24. The van der Waals surface area contributed by atoms with Crippen LogP contribution in [0.4, 0.5) is 5.00 Å². The number of carbonyl (C=O) groups is 2. The first-order valence-corrected chi connectivity index (χ1v) is 9.98. The first-order chi connectivity index (χ1) is 13.8. The van der Waals surface area contributed by atoms with Crippen molar-refractivity contribution in [1.29, 1.82) is 10.5 Å². The van der Waals surface area contributed by atoms with Crippen LogP contribution in [-0.2, 0) is 20.9 Å². The highest BCUT2D eigenvalue weighted by Crippen LogP contribution is 2.23. The van der Waals surface area contributed by atoms with Crippen molar-refractivity contribution >= 4 is 34.3 Å². The predicted octanol–water partition coefficient (Wildman–Crippen LogP) is 3.93. The summed E-state index contributed by atoms with van der Waals surface area (Å²) in [5, 5.41) is 23.0. The lowest BCUT2D eigenvalue weighted by atomic mass is 10.1. The van der Waals surface area contributed by atoms with Gasteiger partial charge in [-0.05, 0) is 56.3 Å². The molecule has 0 aromatic carbocycles. The van der Waals surface area contributed by atoms with Gasteiger partial charge in [0.15, 0.2) is 6.10 Å². The number of hydrogen-bond donors (Lipinski definition) is 1. The Labute approximate surface area is 173 Å². The highest BCUT2D eigenvalue weighted by atomic mass is 32.1. The van der Waals surface area contributed by atoms with Gasteiger partial charge < -0.3 is 14.6 Å². The van der Waals surface area contributed by atoms with E-state index in [2.05, 4.69) is 16.8 Å². The van der Waals surface area contributed by atoms with Gasteiger partial charge in [-0.2, -0.15) is 10.5 Å². The standard InChI is InChI=1S/C21H22N4O3S/c1-5-7-25-13(2)9-17(14(25)3)10-18(12-23)21(27)28-15(4)19(26)24-20-16(11-22)6-8-29-20/h6,8-10,15H,5,7H2,1-4H3,(H,24,26)/b18-10+/t15-/m0/s1. The van der Waals surface area contributed by atoms with Crippen molar-refractivity contribution in [3.8, 4) is 12.1 Å². The zero-order valence-corrected chi connectivity index (χ0v) is 17.6. The van der Waals surface area contributed by atoms with Gasteiger partial charge in [-0.1, -0.05) is 6.92 Å². The molecule has 0 aliphatic carbocycles. The van der Waals surface area contributed by atoms with Crippen molar-refractivity contribution in [2.24, 2.45) is 0 Å². The van der Waals surface area contributed by atoms with Crippen molar-refractivity contribution in [2.75, 3.05) is 5.32 Å². The molecule has 0 radical (unpaired) electrons. The van der Waals surface area contributed by atoms with Gasteiger partial charge in [-0.3, -0.25) is 4.79 Å². The number of thiophene rings is 1. The Morgan fingerprint density at radius 1 is 1.38 bits per heavy atom. The number of nitriles is 2. The quantitative estimate of drug-likeness (QED) is 0.423. The smallest absolute Gasteiger partial charge is 0.349 e. The minimum Gasteiger partial charge on any atom is -0.448 e. The first kappa shape index (κ1) is 21.9. The number of carbonyl (C=O) groups excluding carboxylic acids is 2. The third kappa shape index (κ3) is 5.13. The number of aryl methyl sites for hydroxylation is 1. The topological polar surface area (TPSA) is 108 Å². The second-order valence-electron chi connectivity index (χ2n) is 6.46. The predicted molar refractivity (Wildman–Crippen MR) is 111 cm³/mol. The average molecular weight is 410 g/mol. The van der Waals surface area contributed by atoms with Gasteiger partial charge in [0.25, 0.3) is 5.91 Å². The summed E-state index contributed by atoms with van der Waals surface area (Å²) in [4.78, 5) is 24.7. The number of amides is 1. The van der Waals surface area contributed by atoms with Gasteiger partial charge >= 0.3 is 5.97 Å². The van der Waals surface area contributed by atoms with Crippen LogP contribution in [-0.4, -0.2) is 22.5 Å². The van der Waals surface area contributed by atoms with Gasteiger partial charge in [0, 0.05) is 17.9 Å². The van der Waals surface area contributed by atoms with E-state index in [9.17, 15) is 14.9 Å². The molecule has 1 atom stereocenters. The van der Waals surface area contributed by atoms with Crippen molar-refractivity contribution in [3.05, 3.63) is 45.6 Å². The maximum atomic E-state index is 12.4. The van der Waals surface area contributed by atoms with Crippen molar-refractivity contribution in [2.45, 2.75) is 46.8 Å². The van der Waals surface area contributed by atoms with Crippen LogP contribution in [0, 0.1) is 36.5 Å². The Hall–Kier alpha value is -3.36. The number of rotatable bonds is 7. The normalized spacial score (nSPS) is 12.0. The summed E-state index contributed by atoms with van der Waals surface area (Å²) in [6.07, 6.45) is 1.33. The molecule has 1 amide bonds. The van der Waals surface area contributed by atoms with Crippen molar-refractivity contribution in [1.82, 2.24) is 4.57 Å². The molecule has 7 nitrogen and oxygen atoms in total. The lowest BCUT2D eigenvalue weighted by molar-refractivity contribution is -0.148. The number of esters is 1. The Bertz CT molecular complexity index is 1030. The molecule has 0 aliphatic heterocycles. The van der Waals surface area contributed by atoms with Gasteiger partial charge in [-0.25, -0.2) is 4.79 Å². The minimum absolute atomic E-state index is 0.185. The second kappa shape index (κ2) is 9.72. The highest BCUT2D eigenvalue weighted by molar-refractivity contribution is 7.14. The van der Waals surface area contributed by atoms with Gasteiger partial charge in [0.1, 0.15) is 22.7 Å². The molecule has 0 spiro atoms. The number of nitrogens with one attached hydrogen (secondary N) is 1. The van der Waals surface area contributed by atoms with E-state index in [1.165, 1.54) is 24.3 Å². The zero-order valence-electron chi connectivity index (χ0n) is 16.8. The molecule has 150 valence electrons. The number of ether oxygens (including phenoxy) is 1. The molecule has 0 fully saturated rings. The Morgan fingerprint density at radius 3 is 2.72 bits per heavy atom. The van der Waals surface area contributed by atoms with E-state index in [0.29, 0.717) is 10.6 Å². The Kier molecular flexibility index (Phi) is 7.35. The summed E-state index contributed by atoms with van der Waals surface area (Å²) in [6, 6.07) is 7.32. The molecule has 0 aliphatic rings. The molecule has 0 saturated carbocycles. The van der Waals surface area contributed by atoms with E-state index in [0.717, 1.165) is 29.9 Å². The molecule has 0 bridgehead atoms. The van der Waals surface area contributed by atoms with Gasteiger partial charge in [0.05, 0.1) is 5.56 Å². The van der Waals surface area contributed by atoms with Crippen LogP contribution in [0.3, 0.4) is 0 Å².